The maximum absolute atomic E-state index is 12.3. The number of carbonyl (C=O) groups excluding carboxylic acids is 1. The average molecular weight is 254 g/mol. The number of hydrogen-bond donors (Lipinski definition) is 0. The van der Waals surface area contributed by atoms with Crippen molar-refractivity contribution in [2.45, 2.75) is 6.92 Å². The van der Waals surface area contributed by atoms with E-state index in [9.17, 15) is 14.7 Å². The molecule has 3 aromatic rings. The standard InChI is InChI=1S/C14H9NO4/c1-7-9(14(17)18)6-10-12(16)8-4-2-3-5-11(8)19-13(10)15-7/h2-6H,1H3,(H,17,18)/p-1. The number of benzene rings is 1. The Bertz CT molecular complexity index is 880. The molecule has 0 aliphatic heterocycles. The summed E-state index contributed by atoms with van der Waals surface area (Å²) < 4.78 is 5.52. The molecule has 0 atom stereocenters. The van der Waals surface area contributed by atoms with Crippen molar-refractivity contribution in [3.8, 4) is 0 Å². The normalized spacial score (nSPS) is 11.0. The highest BCUT2D eigenvalue weighted by atomic mass is 16.4. The van der Waals surface area contributed by atoms with Gasteiger partial charge in [-0.05, 0) is 25.1 Å². The minimum Gasteiger partial charge on any atom is -0.545 e. The van der Waals surface area contributed by atoms with Gasteiger partial charge in [0.2, 0.25) is 11.1 Å². The van der Waals surface area contributed by atoms with Gasteiger partial charge in [0.1, 0.15) is 5.58 Å². The van der Waals surface area contributed by atoms with Crippen molar-refractivity contribution < 1.29 is 14.3 Å². The molecular weight excluding hydrogens is 246 g/mol. The number of fused-ring (bicyclic) bond motifs is 2. The number of carbonyl (C=O) groups is 1. The van der Waals surface area contributed by atoms with Crippen LogP contribution in [0, 0.1) is 6.92 Å². The molecule has 0 spiro atoms. The number of hydrogen-bond acceptors (Lipinski definition) is 5. The van der Waals surface area contributed by atoms with E-state index in [1.165, 1.54) is 13.0 Å². The summed E-state index contributed by atoms with van der Waals surface area (Å²) in [4.78, 5) is 27.2. The van der Waals surface area contributed by atoms with Crippen LogP contribution >= 0.6 is 0 Å². The molecule has 0 bridgehead atoms. The van der Waals surface area contributed by atoms with E-state index in [-0.39, 0.29) is 27.8 Å². The third-order valence-corrected chi connectivity index (χ3v) is 2.98. The van der Waals surface area contributed by atoms with Gasteiger partial charge >= 0.3 is 0 Å². The highest BCUT2D eigenvalue weighted by molar-refractivity contribution is 5.94. The smallest absolute Gasteiger partial charge is 0.230 e. The minimum absolute atomic E-state index is 0.102. The topological polar surface area (TPSA) is 83.2 Å². The van der Waals surface area contributed by atoms with E-state index in [2.05, 4.69) is 4.98 Å². The molecule has 0 saturated heterocycles. The summed E-state index contributed by atoms with van der Waals surface area (Å²) in [5, 5.41) is 11.5. The van der Waals surface area contributed by atoms with Gasteiger partial charge in [-0.15, -0.1) is 0 Å². The van der Waals surface area contributed by atoms with E-state index in [1.807, 2.05) is 0 Å². The number of rotatable bonds is 1. The number of aromatic carboxylic acids is 1. The molecular formula is C14H8NO4-. The molecule has 3 rings (SSSR count). The molecule has 0 saturated carbocycles. The monoisotopic (exact) mass is 254 g/mol. The summed E-state index contributed by atoms with van der Waals surface area (Å²) in [7, 11) is 0. The van der Waals surface area contributed by atoms with Gasteiger partial charge in [0.15, 0.2) is 0 Å². The molecule has 5 nitrogen and oxygen atoms in total. The highest BCUT2D eigenvalue weighted by Gasteiger charge is 2.11. The first-order chi connectivity index (χ1) is 9.08. The van der Waals surface area contributed by atoms with Crippen LogP contribution in [-0.4, -0.2) is 11.0 Å². The Morgan fingerprint density at radius 1 is 1.26 bits per heavy atom. The average Bonchev–Trinajstić information content (AvgIpc) is 2.38. The quantitative estimate of drug-likeness (QED) is 0.605. The van der Waals surface area contributed by atoms with Gasteiger partial charge in [-0.3, -0.25) is 4.79 Å². The van der Waals surface area contributed by atoms with Crippen LogP contribution in [0.15, 0.2) is 39.5 Å². The van der Waals surface area contributed by atoms with Crippen molar-refractivity contribution in [2.24, 2.45) is 0 Å². The highest BCUT2D eigenvalue weighted by Crippen LogP contribution is 2.19. The number of aromatic nitrogens is 1. The van der Waals surface area contributed by atoms with E-state index in [0.29, 0.717) is 11.0 Å². The predicted octanol–water partition coefficient (Wildman–Crippen LogP) is 1.01. The van der Waals surface area contributed by atoms with Crippen LogP contribution < -0.4 is 10.5 Å². The first-order valence-electron chi connectivity index (χ1n) is 5.62. The van der Waals surface area contributed by atoms with E-state index in [4.69, 9.17) is 4.42 Å². The van der Waals surface area contributed by atoms with Crippen molar-refractivity contribution in [2.75, 3.05) is 0 Å². The Morgan fingerprint density at radius 2 is 2.00 bits per heavy atom. The van der Waals surface area contributed by atoms with E-state index in [1.54, 1.807) is 24.3 Å². The van der Waals surface area contributed by atoms with Gasteiger partial charge in [-0.25, -0.2) is 4.98 Å². The number of nitrogens with zero attached hydrogens (tertiary/aromatic N) is 1. The second kappa shape index (κ2) is 3.91. The zero-order chi connectivity index (χ0) is 13.6. The van der Waals surface area contributed by atoms with Gasteiger partial charge < -0.3 is 14.3 Å². The molecule has 5 heteroatoms. The Labute approximate surface area is 107 Å². The lowest BCUT2D eigenvalue weighted by Gasteiger charge is -2.07. The third-order valence-electron chi connectivity index (χ3n) is 2.98. The number of pyridine rings is 1. The Morgan fingerprint density at radius 3 is 2.74 bits per heavy atom. The van der Waals surface area contributed by atoms with Crippen molar-refractivity contribution in [1.29, 1.82) is 0 Å². The van der Waals surface area contributed by atoms with Crippen molar-refractivity contribution in [3.05, 3.63) is 51.8 Å². The molecule has 0 radical (unpaired) electrons. The number of para-hydroxylation sites is 1. The molecule has 0 aliphatic carbocycles. The molecule has 2 aromatic heterocycles. The summed E-state index contributed by atoms with van der Waals surface area (Å²) in [5.41, 5.74) is 0.409. The number of carboxylic acid groups (broad SMARTS) is 1. The molecule has 1 aromatic carbocycles. The fourth-order valence-electron chi connectivity index (χ4n) is 2.02. The van der Waals surface area contributed by atoms with E-state index < -0.39 is 5.97 Å². The predicted molar refractivity (Wildman–Crippen MR) is 66.9 cm³/mol. The Hall–Kier alpha value is -2.69. The second-order valence-electron chi connectivity index (χ2n) is 4.19. The van der Waals surface area contributed by atoms with E-state index >= 15 is 0 Å². The molecule has 0 unspecified atom stereocenters. The number of carboxylic acids is 1. The molecule has 94 valence electrons. The Kier molecular flexibility index (Phi) is 2.35. The van der Waals surface area contributed by atoms with Crippen LogP contribution in [0.5, 0.6) is 0 Å². The largest absolute Gasteiger partial charge is 0.545 e. The minimum atomic E-state index is -1.36. The summed E-state index contributed by atoms with van der Waals surface area (Å²) in [5.74, 6) is -1.36. The van der Waals surface area contributed by atoms with Crippen LogP contribution in [0.2, 0.25) is 0 Å². The molecule has 19 heavy (non-hydrogen) atoms. The SMILES string of the molecule is Cc1nc2oc3ccccc3c(=O)c2cc1C(=O)[O-]. The van der Waals surface area contributed by atoms with Gasteiger partial charge in [-0.1, -0.05) is 12.1 Å². The zero-order valence-corrected chi connectivity index (χ0v) is 9.97. The second-order valence-corrected chi connectivity index (χ2v) is 4.19. The fourth-order valence-corrected chi connectivity index (χ4v) is 2.02. The van der Waals surface area contributed by atoms with Gasteiger partial charge in [0.25, 0.3) is 0 Å². The van der Waals surface area contributed by atoms with Crippen molar-refractivity contribution >= 4 is 28.0 Å². The molecule has 2 heterocycles. The maximum Gasteiger partial charge on any atom is 0.230 e. The lowest BCUT2D eigenvalue weighted by molar-refractivity contribution is -0.255. The van der Waals surface area contributed by atoms with Gasteiger partial charge in [0.05, 0.1) is 22.4 Å². The molecule has 0 aliphatic rings. The molecule has 0 amide bonds. The summed E-state index contributed by atoms with van der Waals surface area (Å²) in [6, 6.07) is 8.01. The number of aryl methyl sites for hydroxylation is 1. The van der Waals surface area contributed by atoms with Crippen LogP contribution in [0.25, 0.3) is 22.1 Å². The molecule has 0 N–H and O–H groups in total. The summed E-state index contributed by atoms with van der Waals surface area (Å²) in [6.45, 7) is 1.53. The maximum atomic E-state index is 12.3. The fraction of sp³-hybridized carbons (Fsp3) is 0.0714. The lowest BCUT2D eigenvalue weighted by Crippen LogP contribution is -2.24. The van der Waals surface area contributed by atoms with E-state index in [0.717, 1.165) is 0 Å². The molecule has 0 fully saturated rings. The lowest BCUT2D eigenvalue weighted by atomic mass is 10.1. The van der Waals surface area contributed by atoms with Gasteiger partial charge in [-0.2, -0.15) is 0 Å². The van der Waals surface area contributed by atoms with Crippen LogP contribution in [-0.2, 0) is 0 Å². The Balaban J connectivity index is 2.52. The first-order valence-corrected chi connectivity index (χ1v) is 5.62. The van der Waals surface area contributed by atoms with Gasteiger partial charge in [0, 0.05) is 5.56 Å². The van der Waals surface area contributed by atoms with Crippen molar-refractivity contribution in [1.82, 2.24) is 4.98 Å². The third kappa shape index (κ3) is 1.67. The summed E-state index contributed by atoms with van der Waals surface area (Å²) in [6.07, 6.45) is 0. The summed E-state index contributed by atoms with van der Waals surface area (Å²) >= 11 is 0. The van der Waals surface area contributed by atoms with Crippen LogP contribution in [0.3, 0.4) is 0 Å². The van der Waals surface area contributed by atoms with Crippen molar-refractivity contribution in [3.63, 3.8) is 0 Å². The van der Waals surface area contributed by atoms with Crippen LogP contribution in [0.4, 0.5) is 0 Å². The zero-order valence-electron chi connectivity index (χ0n) is 9.97. The van der Waals surface area contributed by atoms with Crippen LogP contribution in [0.1, 0.15) is 16.1 Å². The first kappa shape index (κ1) is 11.4.